The Morgan fingerprint density at radius 3 is 2.32 bits per heavy atom. The Hall–Kier alpha value is -2.57. The van der Waals surface area contributed by atoms with Gasteiger partial charge in [-0.25, -0.2) is 4.79 Å². The standard InChI is InChI=1S/C25H40N4O7S/c1-4-34-22-10-9-20(18-23(22)35-5-2)11-12-26-24(30)21-8-7-13-29(19-21)37(32,33)28-16-14-27(15-17-28)25(31)36-6-3/h9-10,18,21H,4-8,11-17,19H2,1-3H3,(H,26,30)/t21-/m1/s1. The molecule has 11 nitrogen and oxygen atoms in total. The summed E-state index contributed by atoms with van der Waals surface area (Å²) in [6, 6.07) is 5.76. The van der Waals surface area contributed by atoms with Crippen molar-refractivity contribution in [2.24, 2.45) is 5.92 Å². The maximum absolute atomic E-state index is 13.2. The van der Waals surface area contributed by atoms with Gasteiger partial charge in [-0.1, -0.05) is 6.07 Å². The number of carbonyl (C=O) groups excluding carboxylic acids is 2. The van der Waals surface area contributed by atoms with Crippen LogP contribution in [-0.4, -0.2) is 99.6 Å². The molecule has 0 aliphatic carbocycles. The molecule has 2 heterocycles. The highest BCUT2D eigenvalue weighted by atomic mass is 32.2. The van der Waals surface area contributed by atoms with Gasteiger partial charge >= 0.3 is 6.09 Å². The Morgan fingerprint density at radius 2 is 1.65 bits per heavy atom. The van der Waals surface area contributed by atoms with Gasteiger partial charge in [0, 0.05) is 45.8 Å². The maximum atomic E-state index is 13.2. The maximum Gasteiger partial charge on any atom is 0.409 e. The smallest absolute Gasteiger partial charge is 0.409 e. The summed E-state index contributed by atoms with van der Waals surface area (Å²) in [6.45, 7) is 8.90. The van der Waals surface area contributed by atoms with Gasteiger partial charge in [0.1, 0.15) is 0 Å². The highest BCUT2D eigenvalue weighted by Gasteiger charge is 2.37. The fourth-order valence-corrected chi connectivity index (χ4v) is 6.25. The van der Waals surface area contributed by atoms with Crippen molar-refractivity contribution in [1.29, 1.82) is 0 Å². The van der Waals surface area contributed by atoms with Crippen LogP contribution in [0, 0.1) is 5.92 Å². The lowest BCUT2D eigenvalue weighted by atomic mass is 9.99. The van der Waals surface area contributed by atoms with Gasteiger partial charge in [0.25, 0.3) is 10.2 Å². The molecule has 1 aromatic carbocycles. The lowest BCUT2D eigenvalue weighted by Gasteiger charge is -2.38. The quantitative estimate of drug-likeness (QED) is 0.455. The van der Waals surface area contributed by atoms with E-state index in [2.05, 4.69) is 5.32 Å². The van der Waals surface area contributed by atoms with E-state index in [1.165, 1.54) is 13.5 Å². The predicted octanol–water partition coefficient (Wildman–Crippen LogP) is 1.87. The largest absolute Gasteiger partial charge is 0.490 e. The lowest BCUT2D eigenvalue weighted by molar-refractivity contribution is -0.126. The fraction of sp³-hybridized carbons (Fsp3) is 0.680. The molecule has 1 N–H and O–H groups in total. The van der Waals surface area contributed by atoms with E-state index in [1.54, 1.807) is 6.92 Å². The van der Waals surface area contributed by atoms with Gasteiger partial charge in [-0.2, -0.15) is 17.0 Å². The van der Waals surface area contributed by atoms with Gasteiger partial charge in [-0.15, -0.1) is 0 Å². The van der Waals surface area contributed by atoms with E-state index in [4.69, 9.17) is 14.2 Å². The third-order valence-corrected chi connectivity index (χ3v) is 8.49. The minimum Gasteiger partial charge on any atom is -0.490 e. The summed E-state index contributed by atoms with van der Waals surface area (Å²) in [5.74, 6) is 0.846. The Bertz CT molecular complexity index is 1010. The summed E-state index contributed by atoms with van der Waals surface area (Å²) in [6.07, 6.45) is 1.47. The molecular formula is C25H40N4O7S. The molecule has 2 saturated heterocycles. The van der Waals surface area contributed by atoms with Gasteiger partial charge < -0.3 is 24.4 Å². The minimum atomic E-state index is -3.71. The van der Waals surface area contributed by atoms with E-state index in [0.717, 1.165) is 5.56 Å². The number of hydrogen-bond acceptors (Lipinski definition) is 7. The highest BCUT2D eigenvalue weighted by Crippen LogP contribution is 2.29. The van der Waals surface area contributed by atoms with Crippen LogP contribution in [0.2, 0.25) is 0 Å². The summed E-state index contributed by atoms with van der Waals surface area (Å²) in [7, 11) is -3.71. The number of benzene rings is 1. The average molecular weight is 541 g/mol. The monoisotopic (exact) mass is 540 g/mol. The Labute approximate surface area is 220 Å². The van der Waals surface area contributed by atoms with Gasteiger partial charge in [0.05, 0.1) is 25.7 Å². The second kappa shape index (κ2) is 13.8. The van der Waals surface area contributed by atoms with Crippen molar-refractivity contribution in [1.82, 2.24) is 18.8 Å². The highest BCUT2D eigenvalue weighted by molar-refractivity contribution is 7.86. The van der Waals surface area contributed by atoms with Gasteiger partial charge in [-0.05, 0) is 57.7 Å². The number of piperidine rings is 1. The molecule has 1 aromatic rings. The summed E-state index contributed by atoms with van der Waals surface area (Å²) in [4.78, 5) is 26.3. The number of piperazine rings is 1. The normalized spacial score (nSPS) is 19.3. The molecule has 0 saturated carbocycles. The zero-order chi connectivity index (χ0) is 26.8. The van der Waals surface area contributed by atoms with Gasteiger partial charge in [-0.3, -0.25) is 4.79 Å². The molecule has 3 rings (SSSR count). The minimum absolute atomic E-state index is 0.136. The van der Waals surface area contributed by atoms with E-state index >= 15 is 0 Å². The summed E-state index contributed by atoms with van der Waals surface area (Å²) in [5, 5.41) is 2.97. The second-order valence-corrected chi connectivity index (χ2v) is 10.9. The molecule has 2 aliphatic rings. The van der Waals surface area contributed by atoms with Crippen LogP contribution in [0.3, 0.4) is 0 Å². The number of rotatable bonds is 11. The molecular weight excluding hydrogens is 500 g/mol. The molecule has 2 aliphatic heterocycles. The Morgan fingerprint density at radius 1 is 0.946 bits per heavy atom. The zero-order valence-corrected chi connectivity index (χ0v) is 22.9. The van der Waals surface area contributed by atoms with Crippen LogP contribution in [0.5, 0.6) is 11.5 Å². The number of hydrogen-bond donors (Lipinski definition) is 1. The van der Waals surface area contributed by atoms with Crippen LogP contribution in [-0.2, 0) is 26.2 Å². The van der Waals surface area contributed by atoms with Crippen molar-refractivity contribution < 1.29 is 32.2 Å². The zero-order valence-electron chi connectivity index (χ0n) is 22.1. The molecule has 1 atom stereocenters. The van der Waals surface area contributed by atoms with Crippen LogP contribution in [0.15, 0.2) is 18.2 Å². The topological polar surface area (TPSA) is 118 Å². The van der Waals surface area contributed by atoms with Crippen molar-refractivity contribution in [2.45, 2.75) is 40.0 Å². The molecule has 12 heteroatoms. The summed E-state index contributed by atoms with van der Waals surface area (Å²) >= 11 is 0. The summed E-state index contributed by atoms with van der Waals surface area (Å²) in [5.41, 5.74) is 1.02. The van der Waals surface area contributed by atoms with E-state index in [9.17, 15) is 18.0 Å². The first-order valence-corrected chi connectivity index (χ1v) is 14.5. The first kappa shape index (κ1) is 29.0. The van der Waals surface area contributed by atoms with Crippen molar-refractivity contribution in [3.63, 3.8) is 0 Å². The van der Waals surface area contributed by atoms with Crippen LogP contribution in [0.1, 0.15) is 39.2 Å². The van der Waals surface area contributed by atoms with Crippen molar-refractivity contribution in [2.75, 3.05) is 65.6 Å². The molecule has 0 spiro atoms. The van der Waals surface area contributed by atoms with Crippen molar-refractivity contribution >= 4 is 22.2 Å². The van der Waals surface area contributed by atoms with Crippen molar-refractivity contribution in [3.05, 3.63) is 23.8 Å². The average Bonchev–Trinajstić information content (AvgIpc) is 2.90. The first-order chi connectivity index (χ1) is 17.8. The third-order valence-electron chi connectivity index (χ3n) is 6.49. The van der Waals surface area contributed by atoms with Crippen LogP contribution in [0.4, 0.5) is 4.79 Å². The van der Waals surface area contributed by atoms with E-state index < -0.39 is 22.2 Å². The molecule has 0 radical (unpaired) electrons. The van der Waals surface area contributed by atoms with Crippen LogP contribution in [0.25, 0.3) is 0 Å². The lowest BCUT2D eigenvalue weighted by Crippen LogP contribution is -2.56. The molecule has 2 amide bonds. The van der Waals surface area contributed by atoms with E-state index in [-0.39, 0.29) is 45.2 Å². The number of ether oxygens (including phenoxy) is 3. The Kier molecular flexibility index (Phi) is 10.8. The molecule has 0 bridgehead atoms. The van der Waals surface area contributed by atoms with Crippen LogP contribution >= 0.6 is 0 Å². The number of amides is 2. The molecule has 208 valence electrons. The number of nitrogens with zero attached hydrogens (tertiary/aromatic N) is 3. The molecule has 37 heavy (non-hydrogen) atoms. The molecule has 2 fully saturated rings. The second-order valence-electron chi connectivity index (χ2n) is 8.98. The third kappa shape index (κ3) is 7.71. The molecule has 0 unspecified atom stereocenters. The first-order valence-electron chi connectivity index (χ1n) is 13.1. The van der Waals surface area contributed by atoms with Gasteiger partial charge in [0.2, 0.25) is 5.91 Å². The van der Waals surface area contributed by atoms with Crippen LogP contribution < -0.4 is 14.8 Å². The molecule has 0 aromatic heterocycles. The van der Waals surface area contributed by atoms with Gasteiger partial charge in [0.15, 0.2) is 11.5 Å². The number of carbonyl (C=O) groups is 2. The predicted molar refractivity (Wildman–Crippen MR) is 139 cm³/mol. The van der Waals surface area contributed by atoms with E-state index in [0.29, 0.717) is 57.1 Å². The SMILES string of the molecule is CCOC(=O)N1CCN(S(=O)(=O)N2CCC[C@@H](C(=O)NCCc3ccc(OCC)c(OCC)c3)C2)CC1. The van der Waals surface area contributed by atoms with Crippen molar-refractivity contribution in [3.8, 4) is 11.5 Å². The van der Waals surface area contributed by atoms with E-state index in [1.807, 2.05) is 32.0 Å². The number of nitrogens with one attached hydrogen (secondary N) is 1. The Balaban J connectivity index is 1.50. The fourth-order valence-electron chi connectivity index (χ4n) is 4.57. The summed E-state index contributed by atoms with van der Waals surface area (Å²) < 4.78 is 45.5.